The summed E-state index contributed by atoms with van der Waals surface area (Å²) in [7, 11) is 1.45. The van der Waals surface area contributed by atoms with Gasteiger partial charge in [0.1, 0.15) is 5.75 Å². The van der Waals surface area contributed by atoms with Crippen molar-refractivity contribution in [1.29, 1.82) is 0 Å². The van der Waals surface area contributed by atoms with Gasteiger partial charge in [0.15, 0.2) is 11.5 Å². The quantitative estimate of drug-likeness (QED) is 0.184. The number of nitrogens with one attached hydrogen (secondary N) is 2. The highest BCUT2D eigenvalue weighted by molar-refractivity contribution is 5.96. The van der Waals surface area contributed by atoms with Gasteiger partial charge in [-0.2, -0.15) is 5.10 Å². The summed E-state index contributed by atoms with van der Waals surface area (Å²) in [5, 5.41) is 6.42. The van der Waals surface area contributed by atoms with Crippen molar-refractivity contribution in [3.63, 3.8) is 0 Å². The van der Waals surface area contributed by atoms with Crippen molar-refractivity contribution < 1.29 is 28.6 Å². The molecule has 0 saturated heterocycles. The van der Waals surface area contributed by atoms with Crippen molar-refractivity contribution in [2.75, 3.05) is 20.3 Å². The molecule has 0 fully saturated rings. The Kier molecular flexibility index (Phi) is 9.58. The van der Waals surface area contributed by atoms with E-state index in [-0.39, 0.29) is 18.2 Å². The van der Waals surface area contributed by atoms with E-state index >= 15 is 0 Å². The first-order valence-electron chi connectivity index (χ1n) is 11.3. The Morgan fingerprint density at radius 2 is 1.67 bits per heavy atom. The molecule has 0 saturated carbocycles. The molecular weight excluding hydrogens is 462 g/mol. The van der Waals surface area contributed by atoms with Crippen LogP contribution in [0.2, 0.25) is 0 Å². The van der Waals surface area contributed by atoms with E-state index < -0.39 is 11.9 Å². The summed E-state index contributed by atoms with van der Waals surface area (Å²) in [6.45, 7) is 2.36. The van der Waals surface area contributed by atoms with Gasteiger partial charge in [0.05, 0.1) is 32.0 Å². The zero-order chi connectivity index (χ0) is 25.8. The molecule has 0 aliphatic rings. The number of hydrogen-bond acceptors (Lipinski definition) is 7. The lowest BCUT2D eigenvalue weighted by Gasteiger charge is -2.10. The highest BCUT2D eigenvalue weighted by Gasteiger charge is 2.12. The SMILES string of the molecule is CCCOc1ccc(C(=O)NCC(=O)N/N=C/c2ccc(OC(=O)c3ccccc3)c(OC)c2)cc1. The smallest absolute Gasteiger partial charge is 0.343 e. The van der Waals surface area contributed by atoms with Crippen LogP contribution in [0, 0.1) is 0 Å². The van der Waals surface area contributed by atoms with Gasteiger partial charge in [0, 0.05) is 5.56 Å². The summed E-state index contributed by atoms with van der Waals surface area (Å²) in [5.74, 6) is -0.137. The highest BCUT2D eigenvalue weighted by atomic mass is 16.6. The second kappa shape index (κ2) is 13.3. The largest absolute Gasteiger partial charge is 0.494 e. The summed E-state index contributed by atoms with van der Waals surface area (Å²) in [5.41, 5.74) is 3.77. The number of hydrogen-bond donors (Lipinski definition) is 2. The molecule has 0 radical (unpaired) electrons. The van der Waals surface area contributed by atoms with Crippen molar-refractivity contribution in [2.24, 2.45) is 5.10 Å². The van der Waals surface area contributed by atoms with Crippen LogP contribution in [0.1, 0.15) is 39.6 Å². The molecule has 9 nitrogen and oxygen atoms in total. The minimum absolute atomic E-state index is 0.248. The van der Waals surface area contributed by atoms with Gasteiger partial charge in [0.2, 0.25) is 0 Å². The molecule has 2 N–H and O–H groups in total. The van der Waals surface area contributed by atoms with Gasteiger partial charge in [0.25, 0.3) is 11.8 Å². The molecular formula is C27H27N3O6. The second-order valence-corrected chi connectivity index (χ2v) is 7.51. The van der Waals surface area contributed by atoms with E-state index in [4.69, 9.17) is 14.2 Å². The van der Waals surface area contributed by atoms with Crippen molar-refractivity contribution in [3.8, 4) is 17.2 Å². The molecule has 3 rings (SSSR count). The average Bonchev–Trinajstić information content (AvgIpc) is 2.92. The Bertz CT molecular complexity index is 1210. The maximum Gasteiger partial charge on any atom is 0.343 e. The Labute approximate surface area is 209 Å². The molecule has 186 valence electrons. The van der Waals surface area contributed by atoms with Crippen molar-refractivity contribution in [3.05, 3.63) is 89.5 Å². The van der Waals surface area contributed by atoms with E-state index in [1.165, 1.54) is 13.3 Å². The number of carbonyl (C=O) groups excluding carboxylic acids is 3. The molecule has 3 aromatic rings. The molecule has 0 aromatic heterocycles. The summed E-state index contributed by atoms with van der Waals surface area (Å²) in [6.07, 6.45) is 2.29. The van der Waals surface area contributed by atoms with Gasteiger partial charge in [-0.25, -0.2) is 10.2 Å². The predicted molar refractivity (Wildman–Crippen MR) is 135 cm³/mol. The lowest BCUT2D eigenvalue weighted by Crippen LogP contribution is -2.34. The molecule has 0 unspecified atom stereocenters. The molecule has 36 heavy (non-hydrogen) atoms. The summed E-state index contributed by atoms with van der Waals surface area (Å²) in [4.78, 5) is 36.5. The van der Waals surface area contributed by atoms with Crippen molar-refractivity contribution in [2.45, 2.75) is 13.3 Å². The number of carbonyl (C=O) groups is 3. The van der Waals surface area contributed by atoms with E-state index in [2.05, 4.69) is 15.8 Å². The molecule has 0 heterocycles. The number of benzene rings is 3. The van der Waals surface area contributed by atoms with E-state index in [0.717, 1.165) is 6.42 Å². The first-order chi connectivity index (χ1) is 17.5. The van der Waals surface area contributed by atoms with E-state index in [0.29, 0.717) is 34.8 Å². The first-order valence-corrected chi connectivity index (χ1v) is 11.3. The van der Waals surface area contributed by atoms with Crippen molar-refractivity contribution >= 4 is 24.0 Å². The fourth-order valence-electron chi connectivity index (χ4n) is 2.99. The van der Waals surface area contributed by atoms with Crippen LogP contribution >= 0.6 is 0 Å². The monoisotopic (exact) mass is 489 g/mol. The highest BCUT2D eigenvalue weighted by Crippen LogP contribution is 2.28. The third-order valence-electron chi connectivity index (χ3n) is 4.80. The zero-order valence-electron chi connectivity index (χ0n) is 20.0. The van der Waals surface area contributed by atoms with Gasteiger partial charge >= 0.3 is 5.97 Å². The summed E-state index contributed by atoms with van der Waals surface area (Å²) >= 11 is 0. The number of nitrogens with zero attached hydrogens (tertiary/aromatic N) is 1. The molecule has 3 aromatic carbocycles. The van der Waals surface area contributed by atoms with Gasteiger partial charge in [-0.15, -0.1) is 0 Å². The Morgan fingerprint density at radius 3 is 2.36 bits per heavy atom. The molecule has 0 bridgehead atoms. The summed E-state index contributed by atoms with van der Waals surface area (Å²) in [6, 6.07) is 20.1. The number of rotatable bonds is 11. The molecule has 0 aliphatic carbocycles. The van der Waals surface area contributed by atoms with Crippen LogP contribution in [0.25, 0.3) is 0 Å². The van der Waals surface area contributed by atoms with Crippen LogP contribution < -0.4 is 25.0 Å². The topological polar surface area (TPSA) is 115 Å². The van der Waals surface area contributed by atoms with Gasteiger partial charge in [-0.1, -0.05) is 25.1 Å². The third-order valence-corrected chi connectivity index (χ3v) is 4.80. The van der Waals surface area contributed by atoms with Gasteiger partial charge < -0.3 is 19.5 Å². The minimum atomic E-state index is -0.509. The van der Waals surface area contributed by atoms with Crippen LogP contribution in [0.15, 0.2) is 77.9 Å². The lowest BCUT2D eigenvalue weighted by atomic mass is 10.2. The lowest BCUT2D eigenvalue weighted by molar-refractivity contribution is -0.120. The van der Waals surface area contributed by atoms with E-state index in [9.17, 15) is 14.4 Å². The fraction of sp³-hybridized carbons (Fsp3) is 0.185. The molecule has 0 aliphatic heterocycles. The van der Waals surface area contributed by atoms with Gasteiger partial charge in [-0.05, 0) is 66.6 Å². The third kappa shape index (κ3) is 7.69. The second-order valence-electron chi connectivity index (χ2n) is 7.51. The summed E-state index contributed by atoms with van der Waals surface area (Å²) < 4.78 is 16.2. The van der Waals surface area contributed by atoms with Crippen LogP contribution in [0.3, 0.4) is 0 Å². The van der Waals surface area contributed by atoms with Crippen molar-refractivity contribution in [1.82, 2.24) is 10.7 Å². The number of ether oxygens (including phenoxy) is 3. The Balaban J connectivity index is 1.49. The van der Waals surface area contributed by atoms with E-state index in [1.54, 1.807) is 72.8 Å². The molecule has 0 atom stereocenters. The predicted octanol–water partition coefficient (Wildman–Crippen LogP) is 3.58. The maximum atomic E-state index is 12.3. The van der Waals surface area contributed by atoms with Crippen LogP contribution in [0.4, 0.5) is 0 Å². The van der Waals surface area contributed by atoms with Gasteiger partial charge in [-0.3, -0.25) is 9.59 Å². The number of hydrazone groups is 1. The van der Waals surface area contributed by atoms with Crippen LogP contribution in [-0.2, 0) is 4.79 Å². The number of esters is 1. The number of methoxy groups -OCH3 is 1. The minimum Gasteiger partial charge on any atom is -0.494 e. The Morgan fingerprint density at radius 1 is 0.917 bits per heavy atom. The average molecular weight is 490 g/mol. The van der Waals surface area contributed by atoms with E-state index in [1.807, 2.05) is 6.92 Å². The molecule has 0 spiro atoms. The number of amides is 2. The maximum absolute atomic E-state index is 12.3. The zero-order valence-corrected chi connectivity index (χ0v) is 20.0. The normalized spacial score (nSPS) is 10.5. The standard InChI is InChI=1S/C27H27N3O6/c1-3-15-35-22-12-10-20(11-13-22)26(32)28-18-25(31)30-29-17-19-9-14-23(24(16-19)34-2)36-27(33)21-7-5-4-6-8-21/h4-14,16-17H,3,15,18H2,1-2H3,(H,28,32)(H,30,31)/b29-17+. The van der Waals surface area contributed by atoms with Crippen LogP contribution in [0.5, 0.6) is 17.2 Å². The Hall–Kier alpha value is -4.66. The fourth-order valence-corrected chi connectivity index (χ4v) is 2.99. The molecule has 9 heteroatoms. The first kappa shape index (κ1) is 26.0. The molecule has 2 amide bonds. The van der Waals surface area contributed by atoms with Crippen LogP contribution in [-0.4, -0.2) is 44.3 Å².